The standard InChI is InChI=1S/C13H9BrN2O/c1-8-15-16-13(17-8)11-3-2-10-7-12(14)5-4-9(10)6-11/h2-7H,1H3. The number of hydrogen-bond acceptors (Lipinski definition) is 3. The summed E-state index contributed by atoms with van der Waals surface area (Å²) >= 11 is 3.46. The van der Waals surface area contributed by atoms with Crippen LogP contribution in [0.1, 0.15) is 5.89 Å². The molecule has 0 amide bonds. The third-order valence-corrected chi connectivity index (χ3v) is 3.07. The van der Waals surface area contributed by atoms with Crippen LogP contribution in [-0.4, -0.2) is 10.2 Å². The molecule has 0 unspecified atom stereocenters. The number of aryl methyl sites for hydroxylation is 1. The minimum absolute atomic E-state index is 0.562. The van der Waals surface area contributed by atoms with Crippen molar-refractivity contribution in [2.45, 2.75) is 6.92 Å². The number of halogens is 1. The van der Waals surface area contributed by atoms with Crippen LogP contribution < -0.4 is 0 Å². The summed E-state index contributed by atoms with van der Waals surface area (Å²) in [4.78, 5) is 0. The van der Waals surface area contributed by atoms with E-state index in [0.29, 0.717) is 11.8 Å². The lowest BCUT2D eigenvalue weighted by Crippen LogP contribution is -1.79. The predicted molar refractivity (Wildman–Crippen MR) is 69.7 cm³/mol. The van der Waals surface area contributed by atoms with Gasteiger partial charge in [0.05, 0.1) is 0 Å². The molecule has 0 aliphatic rings. The minimum Gasteiger partial charge on any atom is -0.421 e. The van der Waals surface area contributed by atoms with Gasteiger partial charge >= 0.3 is 0 Å². The number of nitrogens with zero attached hydrogens (tertiary/aromatic N) is 2. The van der Waals surface area contributed by atoms with E-state index in [9.17, 15) is 0 Å². The lowest BCUT2D eigenvalue weighted by Gasteiger charge is -2.00. The SMILES string of the molecule is Cc1nnc(-c2ccc3cc(Br)ccc3c2)o1. The molecule has 0 spiro atoms. The molecule has 0 bridgehead atoms. The first kappa shape index (κ1) is 10.5. The fourth-order valence-electron chi connectivity index (χ4n) is 1.76. The maximum absolute atomic E-state index is 5.41. The number of rotatable bonds is 1. The van der Waals surface area contributed by atoms with Crippen molar-refractivity contribution in [3.8, 4) is 11.5 Å². The van der Waals surface area contributed by atoms with Crippen molar-refractivity contribution in [1.82, 2.24) is 10.2 Å². The molecule has 3 aromatic rings. The highest BCUT2D eigenvalue weighted by Gasteiger charge is 2.06. The summed E-state index contributed by atoms with van der Waals surface area (Å²) in [7, 11) is 0. The van der Waals surface area contributed by atoms with Gasteiger partial charge in [-0.25, -0.2) is 0 Å². The van der Waals surface area contributed by atoms with Crippen molar-refractivity contribution in [3.63, 3.8) is 0 Å². The van der Waals surface area contributed by atoms with Crippen LogP contribution in [0.3, 0.4) is 0 Å². The normalized spacial score (nSPS) is 10.9. The molecule has 1 aromatic heterocycles. The van der Waals surface area contributed by atoms with Gasteiger partial charge in [0.25, 0.3) is 0 Å². The zero-order valence-electron chi connectivity index (χ0n) is 9.14. The quantitative estimate of drug-likeness (QED) is 0.680. The van der Waals surface area contributed by atoms with Crippen molar-refractivity contribution in [2.24, 2.45) is 0 Å². The average molecular weight is 289 g/mol. The summed E-state index contributed by atoms with van der Waals surface area (Å²) in [5, 5.41) is 10.2. The van der Waals surface area contributed by atoms with Crippen molar-refractivity contribution in [3.05, 3.63) is 46.8 Å². The van der Waals surface area contributed by atoms with E-state index < -0.39 is 0 Å². The molecule has 3 rings (SSSR count). The van der Waals surface area contributed by atoms with Crippen LogP contribution in [0.5, 0.6) is 0 Å². The Morgan fingerprint density at radius 3 is 2.53 bits per heavy atom. The summed E-state index contributed by atoms with van der Waals surface area (Å²) in [5.41, 5.74) is 0.945. The number of fused-ring (bicyclic) bond motifs is 1. The highest BCUT2D eigenvalue weighted by atomic mass is 79.9. The minimum atomic E-state index is 0.562. The van der Waals surface area contributed by atoms with Crippen LogP contribution in [-0.2, 0) is 0 Å². The lowest BCUT2D eigenvalue weighted by molar-refractivity contribution is 0.533. The molecule has 0 atom stereocenters. The van der Waals surface area contributed by atoms with E-state index in [1.165, 1.54) is 5.39 Å². The Bertz CT molecular complexity index is 691. The van der Waals surface area contributed by atoms with Gasteiger partial charge in [-0.1, -0.05) is 28.1 Å². The largest absolute Gasteiger partial charge is 0.421 e. The summed E-state index contributed by atoms with van der Waals surface area (Å²) in [5.74, 6) is 1.14. The van der Waals surface area contributed by atoms with Gasteiger partial charge in [-0.2, -0.15) is 0 Å². The second kappa shape index (κ2) is 3.96. The van der Waals surface area contributed by atoms with Crippen molar-refractivity contribution < 1.29 is 4.42 Å². The first-order chi connectivity index (χ1) is 8.22. The fraction of sp³-hybridized carbons (Fsp3) is 0.0769. The van der Waals surface area contributed by atoms with E-state index in [2.05, 4.69) is 50.4 Å². The Morgan fingerprint density at radius 1 is 1.00 bits per heavy atom. The molecule has 0 N–H and O–H groups in total. The Morgan fingerprint density at radius 2 is 1.76 bits per heavy atom. The van der Waals surface area contributed by atoms with Gasteiger partial charge in [-0.15, -0.1) is 10.2 Å². The van der Waals surface area contributed by atoms with E-state index in [-0.39, 0.29) is 0 Å². The second-order valence-corrected chi connectivity index (χ2v) is 4.75. The molecule has 84 valence electrons. The number of hydrogen-bond donors (Lipinski definition) is 0. The molecule has 0 fully saturated rings. The molecular weight excluding hydrogens is 280 g/mol. The Kier molecular flexibility index (Phi) is 2.44. The lowest BCUT2D eigenvalue weighted by atomic mass is 10.1. The third-order valence-electron chi connectivity index (χ3n) is 2.58. The third kappa shape index (κ3) is 1.96. The molecule has 4 heteroatoms. The number of benzene rings is 2. The predicted octanol–water partition coefficient (Wildman–Crippen LogP) is 3.96. The van der Waals surface area contributed by atoms with Crippen LogP contribution in [0.15, 0.2) is 45.3 Å². The van der Waals surface area contributed by atoms with Gasteiger partial charge in [-0.05, 0) is 35.0 Å². The van der Waals surface area contributed by atoms with Crippen LogP contribution in [0.2, 0.25) is 0 Å². The molecule has 0 aliphatic heterocycles. The summed E-state index contributed by atoms with van der Waals surface area (Å²) in [6.45, 7) is 1.79. The van der Waals surface area contributed by atoms with Crippen LogP contribution >= 0.6 is 15.9 Å². The highest BCUT2D eigenvalue weighted by Crippen LogP contribution is 2.25. The van der Waals surface area contributed by atoms with Crippen LogP contribution in [0, 0.1) is 6.92 Å². The van der Waals surface area contributed by atoms with Gasteiger partial charge in [0.15, 0.2) is 0 Å². The monoisotopic (exact) mass is 288 g/mol. The van der Waals surface area contributed by atoms with Gasteiger partial charge in [-0.3, -0.25) is 0 Å². The van der Waals surface area contributed by atoms with Crippen molar-refractivity contribution in [1.29, 1.82) is 0 Å². The van der Waals surface area contributed by atoms with E-state index in [4.69, 9.17) is 4.42 Å². The Hall–Kier alpha value is -1.68. The molecule has 0 aliphatic carbocycles. The van der Waals surface area contributed by atoms with Crippen LogP contribution in [0.4, 0.5) is 0 Å². The molecule has 0 radical (unpaired) electrons. The summed E-state index contributed by atoms with van der Waals surface area (Å²) < 4.78 is 6.49. The molecule has 3 nitrogen and oxygen atoms in total. The van der Waals surface area contributed by atoms with Crippen LogP contribution in [0.25, 0.3) is 22.2 Å². The highest BCUT2D eigenvalue weighted by molar-refractivity contribution is 9.10. The molecule has 17 heavy (non-hydrogen) atoms. The maximum Gasteiger partial charge on any atom is 0.247 e. The summed E-state index contributed by atoms with van der Waals surface area (Å²) in [6.07, 6.45) is 0. The summed E-state index contributed by atoms with van der Waals surface area (Å²) in [6, 6.07) is 12.3. The zero-order chi connectivity index (χ0) is 11.8. The molecule has 0 saturated heterocycles. The van der Waals surface area contributed by atoms with Gasteiger partial charge in [0, 0.05) is 17.0 Å². The Balaban J connectivity index is 2.16. The van der Waals surface area contributed by atoms with Crippen molar-refractivity contribution >= 4 is 26.7 Å². The van der Waals surface area contributed by atoms with Gasteiger partial charge in [0.2, 0.25) is 11.8 Å². The van der Waals surface area contributed by atoms with Gasteiger partial charge in [0.1, 0.15) is 0 Å². The number of aromatic nitrogens is 2. The second-order valence-electron chi connectivity index (χ2n) is 3.83. The zero-order valence-corrected chi connectivity index (χ0v) is 10.7. The maximum atomic E-state index is 5.41. The average Bonchev–Trinajstić information content (AvgIpc) is 2.75. The molecular formula is C13H9BrN2O. The van der Waals surface area contributed by atoms with Gasteiger partial charge < -0.3 is 4.42 Å². The fourth-order valence-corrected chi connectivity index (χ4v) is 2.14. The van der Waals surface area contributed by atoms with E-state index in [0.717, 1.165) is 15.4 Å². The van der Waals surface area contributed by atoms with E-state index >= 15 is 0 Å². The molecule has 2 aromatic carbocycles. The topological polar surface area (TPSA) is 38.9 Å². The van der Waals surface area contributed by atoms with E-state index in [1.807, 2.05) is 12.1 Å². The molecule has 0 saturated carbocycles. The van der Waals surface area contributed by atoms with Crippen molar-refractivity contribution in [2.75, 3.05) is 0 Å². The molecule has 1 heterocycles. The first-order valence-electron chi connectivity index (χ1n) is 5.22. The first-order valence-corrected chi connectivity index (χ1v) is 6.01. The van der Waals surface area contributed by atoms with E-state index in [1.54, 1.807) is 6.92 Å². The Labute approximate surface area is 107 Å². The smallest absolute Gasteiger partial charge is 0.247 e.